The van der Waals surface area contributed by atoms with Gasteiger partial charge in [-0.25, -0.2) is 9.97 Å². The Hall–Kier alpha value is -1.36. The van der Waals surface area contributed by atoms with Gasteiger partial charge in [-0.3, -0.25) is 0 Å². The Labute approximate surface area is 127 Å². The van der Waals surface area contributed by atoms with E-state index in [1.54, 1.807) is 0 Å². The minimum absolute atomic E-state index is 0.204. The first-order valence-electron chi connectivity index (χ1n) is 7.97. The molecule has 2 N–H and O–H groups in total. The van der Waals surface area contributed by atoms with Gasteiger partial charge < -0.3 is 15.4 Å². The predicted octanol–water partition coefficient (Wildman–Crippen LogP) is 3.32. The van der Waals surface area contributed by atoms with Gasteiger partial charge in [-0.15, -0.1) is 0 Å². The van der Waals surface area contributed by atoms with Crippen molar-refractivity contribution in [2.45, 2.75) is 59.0 Å². The van der Waals surface area contributed by atoms with E-state index >= 15 is 0 Å². The molecule has 1 aromatic heterocycles. The highest BCUT2D eigenvalue weighted by Gasteiger charge is 2.28. The van der Waals surface area contributed by atoms with E-state index < -0.39 is 0 Å². The summed E-state index contributed by atoms with van der Waals surface area (Å²) in [5.41, 5.74) is 0.873. The van der Waals surface area contributed by atoms with Crippen LogP contribution in [0.25, 0.3) is 0 Å². The summed E-state index contributed by atoms with van der Waals surface area (Å²) in [7, 11) is 0. The Bertz CT molecular complexity index is 483. The van der Waals surface area contributed by atoms with Crippen LogP contribution >= 0.6 is 0 Å². The fourth-order valence-corrected chi connectivity index (χ4v) is 2.31. The summed E-state index contributed by atoms with van der Waals surface area (Å²) in [6.45, 7) is 12.7. The molecule has 0 atom stereocenters. The van der Waals surface area contributed by atoms with Crippen LogP contribution in [0.15, 0.2) is 0 Å². The van der Waals surface area contributed by atoms with Gasteiger partial charge in [0.05, 0.1) is 5.60 Å². The maximum absolute atomic E-state index is 5.74. The van der Waals surface area contributed by atoms with Gasteiger partial charge >= 0.3 is 0 Å². The summed E-state index contributed by atoms with van der Waals surface area (Å²) in [6, 6.07) is 0. The fraction of sp³-hybridized carbons (Fsp3) is 0.750. The topological polar surface area (TPSA) is 59.1 Å². The van der Waals surface area contributed by atoms with E-state index in [1.807, 2.05) is 6.92 Å². The van der Waals surface area contributed by atoms with Crippen LogP contribution in [0, 0.1) is 6.92 Å². The summed E-state index contributed by atoms with van der Waals surface area (Å²) in [6.07, 6.45) is 2.41. The molecule has 5 nitrogen and oxygen atoms in total. The molecule has 1 aliphatic carbocycles. The van der Waals surface area contributed by atoms with Gasteiger partial charge in [-0.1, -0.05) is 0 Å². The fourth-order valence-electron chi connectivity index (χ4n) is 2.31. The quantitative estimate of drug-likeness (QED) is 0.769. The Morgan fingerprint density at radius 1 is 1.14 bits per heavy atom. The number of nitrogens with zero attached hydrogens (tertiary/aromatic N) is 2. The monoisotopic (exact) mass is 292 g/mol. The SMILES string of the molecule is CCNc1nc(C2CC2)nc(NCC(C)(C)OCC)c1C. The van der Waals surface area contributed by atoms with E-state index in [-0.39, 0.29) is 5.60 Å². The minimum atomic E-state index is -0.204. The normalized spacial score (nSPS) is 15.1. The van der Waals surface area contributed by atoms with E-state index in [1.165, 1.54) is 12.8 Å². The van der Waals surface area contributed by atoms with Crippen molar-refractivity contribution in [3.63, 3.8) is 0 Å². The van der Waals surface area contributed by atoms with Crippen LogP contribution in [0.5, 0.6) is 0 Å². The molecular formula is C16H28N4O. The summed E-state index contributed by atoms with van der Waals surface area (Å²) < 4.78 is 5.74. The largest absolute Gasteiger partial charge is 0.374 e. The Kier molecular flexibility index (Phi) is 5.04. The number of hydrogen-bond donors (Lipinski definition) is 2. The second kappa shape index (κ2) is 6.60. The summed E-state index contributed by atoms with van der Waals surface area (Å²) in [4.78, 5) is 9.39. The van der Waals surface area contributed by atoms with Gasteiger partial charge in [0.1, 0.15) is 17.5 Å². The van der Waals surface area contributed by atoms with Crippen LogP contribution in [-0.2, 0) is 4.74 Å². The first-order chi connectivity index (χ1) is 9.96. The third kappa shape index (κ3) is 4.30. The van der Waals surface area contributed by atoms with Crippen molar-refractivity contribution in [3.8, 4) is 0 Å². The van der Waals surface area contributed by atoms with E-state index in [9.17, 15) is 0 Å². The molecule has 1 saturated carbocycles. The summed E-state index contributed by atoms with van der Waals surface area (Å²) in [5.74, 6) is 3.39. The smallest absolute Gasteiger partial charge is 0.136 e. The molecule has 1 aliphatic rings. The van der Waals surface area contributed by atoms with Crippen LogP contribution in [0.4, 0.5) is 11.6 Å². The van der Waals surface area contributed by atoms with Crippen LogP contribution in [0.2, 0.25) is 0 Å². The number of anilines is 2. The third-order valence-electron chi connectivity index (χ3n) is 3.67. The Morgan fingerprint density at radius 3 is 2.29 bits per heavy atom. The maximum Gasteiger partial charge on any atom is 0.136 e. The number of rotatable bonds is 8. The summed E-state index contributed by atoms with van der Waals surface area (Å²) >= 11 is 0. The number of aromatic nitrogens is 2. The minimum Gasteiger partial charge on any atom is -0.374 e. The lowest BCUT2D eigenvalue weighted by atomic mass is 10.1. The lowest BCUT2D eigenvalue weighted by molar-refractivity contribution is 0.000632. The predicted molar refractivity (Wildman–Crippen MR) is 87.1 cm³/mol. The molecule has 0 aliphatic heterocycles. The van der Waals surface area contributed by atoms with E-state index in [4.69, 9.17) is 9.72 Å². The lowest BCUT2D eigenvalue weighted by Gasteiger charge is -2.26. The molecule has 5 heteroatoms. The van der Waals surface area contributed by atoms with Crippen molar-refractivity contribution in [1.29, 1.82) is 0 Å². The van der Waals surface area contributed by atoms with Gasteiger partial charge in [-0.05, 0) is 47.5 Å². The molecule has 0 amide bonds. The third-order valence-corrected chi connectivity index (χ3v) is 3.67. The molecule has 118 valence electrons. The van der Waals surface area contributed by atoms with E-state index in [0.717, 1.165) is 36.1 Å². The molecule has 0 saturated heterocycles. The van der Waals surface area contributed by atoms with Gasteiger partial charge in [0, 0.05) is 31.2 Å². The molecule has 21 heavy (non-hydrogen) atoms. The zero-order valence-corrected chi connectivity index (χ0v) is 13.9. The molecule has 0 bridgehead atoms. The zero-order valence-electron chi connectivity index (χ0n) is 13.9. The van der Waals surface area contributed by atoms with Crippen molar-refractivity contribution < 1.29 is 4.74 Å². The van der Waals surface area contributed by atoms with Crippen LogP contribution in [0.1, 0.15) is 57.8 Å². The van der Waals surface area contributed by atoms with Crippen molar-refractivity contribution in [1.82, 2.24) is 9.97 Å². The highest BCUT2D eigenvalue weighted by molar-refractivity contribution is 5.57. The highest BCUT2D eigenvalue weighted by Crippen LogP contribution is 2.39. The van der Waals surface area contributed by atoms with Crippen LogP contribution in [-0.4, -0.2) is 35.3 Å². The number of nitrogens with one attached hydrogen (secondary N) is 2. The molecule has 0 unspecified atom stereocenters. The average molecular weight is 292 g/mol. The van der Waals surface area contributed by atoms with E-state index in [2.05, 4.69) is 43.3 Å². The molecule has 0 aromatic carbocycles. The molecule has 1 fully saturated rings. The second-order valence-corrected chi connectivity index (χ2v) is 6.25. The Balaban J connectivity index is 2.16. The Morgan fingerprint density at radius 2 is 1.76 bits per heavy atom. The lowest BCUT2D eigenvalue weighted by Crippen LogP contribution is -2.34. The van der Waals surface area contributed by atoms with Crippen molar-refractivity contribution in [3.05, 3.63) is 11.4 Å². The second-order valence-electron chi connectivity index (χ2n) is 6.25. The number of hydrogen-bond acceptors (Lipinski definition) is 5. The van der Waals surface area contributed by atoms with Crippen molar-refractivity contribution >= 4 is 11.6 Å². The van der Waals surface area contributed by atoms with Crippen molar-refractivity contribution in [2.24, 2.45) is 0 Å². The zero-order chi connectivity index (χ0) is 15.5. The molecule has 2 rings (SSSR count). The van der Waals surface area contributed by atoms with Crippen LogP contribution < -0.4 is 10.6 Å². The van der Waals surface area contributed by atoms with Gasteiger partial charge in [0.15, 0.2) is 0 Å². The van der Waals surface area contributed by atoms with Crippen molar-refractivity contribution in [2.75, 3.05) is 30.3 Å². The van der Waals surface area contributed by atoms with Gasteiger partial charge in [0.2, 0.25) is 0 Å². The maximum atomic E-state index is 5.74. The molecule has 1 aromatic rings. The standard InChI is InChI=1S/C16H28N4O/c1-6-17-13-11(3)14(18-10-16(4,5)21-7-2)20-15(19-13)12-8-9-12/h12H,6-10H2,1-5H3,(H2,17,18,19,20). The average Bonchev–Trinajstić information content (AvgIpc) is 3.24. The van der Waals surface area contributed by atoms with Gasteiger partial charge in [0.25, 0.3) is 0 Å². The highest BCUT2D eigenvalue weighted by atomic mass is 16.5. The van der Waals surface area contributed by atoms with E-state index in [0.29, 0.717) is 12.5 Å². The molecule has 0 spiro atoms. The molecular weight excluding hydrogens is 264 g/mol. The first-order valence-corrected chi connectivity index (χ1v) is 7.97. The first kappa shape index (κ1) is 16.0. The summed E-state index contributed by atoms with van der Waals surface area (Å²) in [5, 5.41) is 6.78. The molecule has 0 radical (unpaired) electrons. The number of ether oxygens (including phenoxy) is 1. The van der Waals surface area contributed by atoms with Gasteiger partial charge in [-0.2, -0.15) is 0 Å². The molecule has 1 heterocycles. The van der Waals surface area contributed by atoms with Crippen LogP contribution in [0.3, 0.4) is 0 Å².